The van der Waals surface area contributed by atoms with E-state index < -0.39 is 16.0 Å². The second-order valence-corrected chi connectivity index (χ2v) is 6.40. The highest BCUT2D eigenvalue weighted by Gasteiger charge is 2.11. The molecule has 0 aliphatic rings. The van der Waals surface area contributed by atoms with Crippen LogP contribution in [0.15, 0.2) is 48.8 Å². The fourth-order valence-electron chi connectivity index (χ4n) is 1.88. The van der Waals surface area contributed by atoms with E-state index in [1.54, 1.807) is 18.2 Å². The number of nitrogens with one attached hydrogen (secondary N) is 1. The molecule has 6 nitrogen and oxygen atoms in total. The summed E-state index contributed by atoms with van der Waals surface area (Å²) in [5.41, 5.74) is 1.29. The van der Waals surface area contributed by atoms with Crippen LogP contribution in [0, 0.1) is 0 Å². The topological polar surface area (TPSA) is 88.4 Å². The molecule has 0 unspecified atom stereocenters. The molecule has 0 radical (unpaired) electrons. The fraction of sp³-hybridized carbons (Fsp3) is 0.214. The molecular formula is C14H16N2O4S. The van der Waals surface area contributed by atoms with Gasteiger partial charge in [0.05, 0.1) is 11.4 Å². The number of sulfonamides is 1. The van der Waals surface area contributed by atoms with E-state index >= 15 is 0 Å². The molecule has 2 aromatic rings. The van der Waals surface area contributed by atoms with Gasteiger partial charge in [-0.25, -0.2) is 8.42 Å². The minimum Gasteiger partial charge on any atom is -0.481 e. The Hall–Kier alpha value is -2.28. The zero-order valence-corrected chi connectivity index (χ0v) is 12.1. The number of aliphatic carboxylic acids is 1. The molecule has 0 saturated carbocycles. The zero-order chi connectivity index (χ0) is 15.3. The molecule has 21 heavy (non-hydrogen) atoms. The highest BCUT2D eigenvalue weighted by atomic mass is 32.2. The molecule has 2 rings (SSSR count). The molecule has 0 amide bonds. The van der Waals surface area contributed by atoms with E-state index in [4.69, 9.17) is 5.11 Å². The Labute approximate surface area is 123 Å². The number of carbonyl (C=O) groups is 1. The van der Waals surface area contributed by atoms with Gasteiger partial charge >= 0.3 is 5.97 Å². The van der Waals surface area contributed by atoms with Crippen molar-refractivity contribution in [3.8, 4) is 5.69 Å². The van der Waals surface area contributed by atoms with E-state index in [9.17, 15) is 13.2 Å². The van der Waals surface area contributed by atoms with Crippen molar-refractivity contribution in [3.05, 3.63) is 48.8 Å². The summed E-state index contributed by atoms with van der Waals surface area (Å²) in [6.07, 6.45) is 3.65. The molecule has 0 saturated heterocycles. The first-order valence-corrected chi connectivity index (χ1v) is 8.07. The lowest BCUT2D eigenvalue weighted by Gasteiger charge is -2.09. The second kappa shape index (κ2) is 6.45. The summed E-state index contributed by atoms with van der Waals surface area (Å²) >= 11 is 0. The van der Waals surface area contributed by atoms with E-state index in [1.807, 2.05) is 35.2 Å². The molecule has 0 aliphatic heterocycles. The van der Waals surface area contributed by atoms with Gasteiger partial charge in [0.1, 0.15) is 0 Å². The van der Waals surface area contributed by atoms with Gasteiger partial charge in [0, 0.05) is 24.5 Å². The summed E-state index contributed by atoms with van der Waals surface area (Å²) in [6.45, 7) is 0. The van der Waals surface area contributed by atoms with Crippen LogP contribution in [-0.4, -0.2) is 29.8 Å². The number of carboxylic acids is 1. The van der Waals surface area contributed by atoms with Gasteiger partial charge in [-0.1, -0.05) is 6.07 Å². The first-order valence-electron chi connectivity index (χ1n) is 6.42. The van der Waals surface area contributed by atoms with Gasteiger partial charge in [-0.05, 0) is 36.8 Å². The number of nitrogens with zero attached hydrogens (tertiary/aromatic N) is 1. The average Bonchev–Trinajstić information content (AvgIpc) is 2.91. The van der Waals surface area contributed by atoms with Crippen LogP contribution in [0.25, 0.3) is 5.69 Å². The summed E-state index contributed by atoms with van der Waals surface area (Å²) < 4.78 is 28.1. The Morgan fingerprint density at radius 2 is 1.90 bits per heavy atom. The maximum absolute atomic E-state index is 11.9. The fourth-order valence-corrected chi connectivity index (χ4v) is 2.99. The summed E-state index contributed by atoms with van der Waals surface area (Å²) in [4.78, 5) is 10.4. The van der Waals surface area contributed by atoms with Crippen molar-refractivity contribution >= 4 is 21.7 Å². The van der Waals surface area contributed by atoms with Crippen LogP contribution < -0.4 is 4.72 Å². The lowest BCUT2D eigenvalue weighted by molar-refractivity contribution is -0.137. The molecule has 112 valence electrons. The number of anilines is 1. The summed E-state index contributed by atoms with van der Waals surface area (Å²) in [6, 6.07) is 10.7. The number of hydrogen-bond donors (Lipinski definition) is 2. The van der Waals surface area contributed by atoms with Gasteiger partial charge in [0.25, 0.3) is 0 Å². The average molecular weight is 308 g/mol. The summed E-state index contributed by atoms with van der Waals surface area (Å²) in [7, 11) is -3.54. The van der Waals surface area contributed by atoms with E-state index in [1.165, 1.54) is 0 Å². The lowest BCUT2D eigenvalue weighted by atomic mass is 10.3. The van der Waals surface area contributed by atoms with Crippen LogP contribution in [0.1, 0.15) is 12.8 Å². The van der Waals surface area contributed by atoms with Gasteiger partial charge in [-0.2, -0.15) is 0 Å². The summed E-state index contributed by atoms with van der Waals surface area (Å²) in [5, 5.41) is 8.52. The largest absolute Gasteiger partial charge is 0.481 e. The Kier molecular flexibility index (Phi) is 4.64. The third-order valence-corrected chi connectivity index (χ3v) is 4.20. The zero-order valence-electron chi connectivity index (χ0n) is 11.3. The first kappa shape index (κ1) is 15.1. The van der Waals surface area contributed by atoms with Gasteiger partial charge < -0.3 is 9.67 Å². The maximum atomic E-state index is 11.9. The van der Waals surface area contributed by atoms with Crippen LogP contribution >= 0.6 is 0 Å². The van der Waals surface area contributed by atoms with E-state index in [0.717, 1.165) is 5.69 Å². The second-order valence-electron chi connectivity index (χ2n) is 4.56. The quantitative estimate of drug-likeness (QED) is 0.819. The van der Waals surface area contributed by atoms with Crippen molar-refractivity contribution in [2.45, 2.75) is 12.8 Å². The van der Waals surface area contributed by atoms with Crippen molar-refractivity contribution in [2.24, 2.45) is 0 Å². The van der Waals surface area contributed by atoms with E-state index in [2.05, 4.69) is 4.72 Å². The van der Waals surface area contributed by atoms with Crippen LogP contribution in [0.5, 0.6) is 0 Å². The Bertz CT molecular complexity index is 708. The monoisotopic (exact) mass is 308 g/mol. The number of carboxylic acid groups (broad SMARTS) is 1. The molecule has 2 N–H and O–H groups in total. The Morgan fingerprint density at radius 3 is 2.57 bits per heavy atom. The van der Waals surface area contributed by atoms with Crippen molar-refractivity contribution < 1.29 is 18.3 Å². The molecule has 0 aliphatic carbocycles. The lowest BCUT2D eigenvalue weighted by Crippen LogP contribution is -2.17. The molecular weight excluding hydrogens is 292 g/mol. The molecule has 0 bridgehead atoms. The predicted molar refractivity (Wildman–Crippen MR) is 80.0 cm³/mol. The minimum atomic E-state index is -3.54. The van der Waals surface area contributed by atoms with E-state index in [0.29, 0.717) is 5.69 Å². The van der Waals surface area contributed by atoms with Gasteiger partial charge in [-0.15, -0.1) is 0 Å². The molecule has 0 atom stereocenters. The number of aromatic nitrogens is 1. The molecule has 0 spiro atoms. The predicted octanol–water partition coefficient (Wildman–Crippen LogP) is 2.08. The number of hydrogen-bond acceptors (Lipinski definition) is 3. The first-order chi connectivity index (χ1) is 9.96. The van der Waals surface area contributed by atoms with Gasteiger partial charge in [-0.3, -0.25) is 9.52 Å². The van der Waals surface area contributed by atoms with Crippen LogP contribution in [0.2, 0.25) is 0 Å². The van der Waals surface area contributed by atoms with Gasteiger partial charge in [0.15, 0.2) is 0 Å². The highest BCUT2D eigenvalue weighted by Crippen LogP contribution is 2.16. The molecule has 1 heterocycles. The van der Waals surface area contributed by atoms with Crippen LogP contribution in [0.3, 0.4) is 0 Å². The third kappa shape index (κ3) is 4.64. The smallest absolute Gasteiger partial charge is 0.303 e. The van der Waals surface area contributed by atoms with Crippen LogP contribution in [0.4, 0.5) is 5.69 Å². The third-order valence-electron chi connectivity index (χ3n) is 2.83. The normalized spacial score (nSPS) is 11.2. The minimum absolute atomic E-state index is 0.0853. The molecule has 1 aromatic heterocycles. The highest BCUT2D eigenvalue weighted by molar-refractivity contribution is 7.92. The van der Waals surface area contributed by atoms with Crippen molar-refractivity contribution in [1.82, 2.24) is 4.57 Å². The van der Waals surface area contributed by atoms with Crippen molar-refractivity contribution in [3.63, 3.8) is 0 Å². The number of benzene rings is 1. The Morgan fingerprint density at radius 1 is 1.19 bits per heavy atom. The van der Waals surface area contributed by atoms with Crippen molar-refractivity contribution in [1.29, 1.82) is 0 Å². The maximum Gasteiger partial charge on any atom is 0.303 e. The molecule has 0 fully saturated rings. The molecule has 7 heteroatoms. The Balaban J connectivity index is 2.05. The SMILES string of the molecule is O=C(O)CCCS(=O)(=O)Nc1cccc(-n2cccc2)c1. The van der Waals surface area contributed by atoms with Gasteiger partial charge in [0.2, 0.25) is 10.0 Å². The van der Waals surface area contributed by atoms with Crippen LogP contribution in [-0.2, 0) is 14.8 Å². The summed E-state index contributed by atoms with van der Waals surface area (Å²) in [5.74, 6) is -1.22. The molecule has 1 aromatic carbocycles. The van der Waals surface area contributed by atoms with E-state index in [-0.39, 0.29) is 18.6 Å². The van der Waals surface area contributed by atoms with Crippen molar-refractivity contribution in [2.75, 3.05) is 10.5 Å². The standard InChI is InChI=1S/C14H16N2O4S/c17-14(18)7-4-10-21(19,20)15-12-5-3-6-13(11-12)16-8-1-2-9-16/h1-3,5-6,8-9,11,15H,4,7,10H2,(H,17,18). The number of rotatable bonds is 7.